The number of rotatable bonds is 8. The molecule has 1 saturated carbocycles. The molecule has 0 saturated heterocycles. The fourth-order valence-corrected chi connectivity index (χ4v) is 4.81. The van der Waals surface area contributed by atoms with Crippen molar-refractivity contribution in [2.45, 2.75) is 50.5 Å². The number of anilines is 1. The Morgan fingerprint density at radius 1 is 1.03 bits per heavy atom. The lowest BCUT2D eigenvalue weighted by atomic mass is 10.1. The minimum Gasteiger partial charge on any atom is -0.352 e. The van der Waals surface area contributed by atoms with Crippen molar-refractivity contribution in [3.8, 4) is 0 Å². The summed E-state index contributed by atoms with van der Waals surface area (Å²) in [5, 5.41) is 5.70. The molecule has 1 fully saturated rings. The lowest BCUT2D eigenvalue weighted by Crippen LogP contribution is -2.25. The van der Waals surface area contributed by atoms with E-state index in [2.05, 4.69) is 10.6 Å². The van der Waals surface area contributed by atoms with E-state index in [1.54, 1.807) is 24.3 Å². The molecule has 1 aliphatic rings. The summed E-state index contributed by atoms with van der Waals surface area (Å²) in [4.78, 5) is 24.6. The van der Waals surface area contributed by atoms with Crippen molar-refractivity contribution in [2.75, 3.05) is 11.1 Å². The van der Waals surface area contributed by atoms with Crippen molar-refractivity contribution in [1.29, 1.82) is 0 Å². The van der Waals surface area contributed by atoms with E-state index in [9.17, 15) is 18.0 Å². The topological polar surface area (TPSA) is 92.3 Å². The van der Waals surface area contributed by atoms with E-state index in [-0.39, 0.29) is 41.3 Å². The molecular formula is C23H28N2O4S. The number of benzene rings is 2. The smallest absolute Gasteiger partial charge is 0.227 e. The molecule has 0 spiro atoms. The van der Waals surface area contributed by atoms with E-state index < -0.39 is 9.84 Å². The van der Waals surface area contributed by atoms with E-state index in [1.165, 1.54) is 0 Å². The van der Waals surface area contributed by atoms with Crippen molar-refractivity contribution in [3.05, 3.63) is 59.7 Å². The molecule has 30 heavy (non-hydrogen) atoms. The van der Waals surface area contributed by atoms with Gasteiger partial charge in [-0.1, -0.05) is 42.7 Å². The maximum Gasteiger partial charge on any atom is 0.227 e. The molecule has 2 amide bonds. The zero-order chi connectivity index (χ0) is 21.6. The molecule has 0 atom stereocenters. The van der Waals surface area contributed by atoms with Gasteiger partial charge in [0, 0.05) is 24.6 Å². The molecule has 6 nitrogen and oxygen atoms in total. The van der Waals surface area contributed by atoms with Gasteiger partial charge in [0.15, 0.2) is 9.84 Å². The van der Waals surface area contributed by atoms with Crippen LogP contribution in [0.15, 0.2) is 53.4 Å². The first-order valence-electron chi connectivity index (χ1n) is 10.3. The summed E-state index contributed by atoms with van der Waals surface area (Å²) in [7, 11) is -3.49. The van der Waals surface area contributed by atoms with Crippen LogP contribution in [0, 0.1) is 12.8 Å². The van der Waals surface area contributed by atoms with Crippen LogP contribution in [-0.2, 0) is 26.0 Å². The van der Waals surface area contributed by atoms with Gasteiger partial charge in [-0.3, -0.25) is 9.59 Å². The molecule has 3 rings (SSSR count). The van der Waals surface area contributed by atoms with Crippen LogP contribution in [-0.4, -0.2) is 26.0 Å². The Balaban J connectivity index is 1.48. The Bertz CT molecular complexity index is 994. The van der Waals surface area contributed by atoms with Gasteiger partial charge in [0.05, 0.1) is 10.6 Å². The second-order valence-electron chi connectivity index (χ2n) is 7.83. The van der Waals surface area contributed by atoms with E-state index in [4.69, 9.17) is 0 Å². The minimum atomic E-state index is -3.49. The third kappa shape index (κ3) is 6.16. The predicted molar refractivity (Wildman–Crippen MR) is 117 cm³/mol. The van der Waals surface area contributed by atoms with Gasteiger partial charge in [-0.25, -0.2) is 8.42 Å². The van der Waals surface area contributed by atoms with Crippen LogP contribution in [0.2, 0.25) is 0 Å². The molecule has 0 aromatic heterocycles. The van der Waals surface area contributed by atoms with Crippen LogP contribution < -0.4 is 10.6 Å². The molecule has 7 heteroatoms. The fourth-order valence-electron chi connectivity index (χ4n) is 3.57. The Morgan fingerprint density at radius 2 is 1.73 bits per heavy atom. The van der Waals surface area contributed by atoms with Gasteiger partial charge in [-0.2, -0.15) is 0 Å². The number of hydrogen-bond donors (Lipinski definition) is 2. The highest BCUT2D eigenvalue weighted by molar-refractivity contribution is 7.91. The molecular weight excluding hydrogens is 400 g/mol. The number of amides is 2. The number of aryl methyl sites for hydroxylation is 1. The molecule has 0 aliphatic heterocycles. The molecule has 160 valence electrons. The number of nitrogens with one attached hydrogen (secondary N) is 2. The van der Waals surface area contributed by atoms with Crippen LogP contribution in [0.5, 0.6) is 0 Å². The summed E-state index contributed by atoms with van der Waals surface area (Å²) >= 11 is 0. The van der Waals surface area contributed by atoms with Gasteiger partial charge in [0.25, 0.3) is 0 Å². The summed E-state index contributed by atoms with van der Waals surface area (Å²) in [5.41, 5.74) is 2.53. The Hall–Kier alpha value is -2.67. The lowest BCUT2D eigenvalue weighted by Gasteiger charge is -2.12. The SMILES string of the molecule is Cc1ccc(S(=O)(=O)CCC(=O)NCc2cccc(NC(=O)C3CCCC3)c2)cc1. The largest absolute Gasteiger partial charge is 0.352 e. The van der Waals surface area contributed by atoms with Crippen molar-refractivity contribution in [1.82, 2.24) is 5.32 Å². The van der Waals surface area contributed by atoms with E-state index in [0.717, 1.165) is 36.8 Å². The summed E-state index contributed by atoms with van der Waals surface area (Å²) in [6, 6.07) is 13.9. The zero-order valence-electron chi connectivity index (χ0n) is 17.2. The first-order chi connectivity index (χ1) is 14.3. The molecule has 1 aliphatic carbocycles. The highest BCUT2D eigenvalue weighted by atomic mass is 32.2. The van der Waals surface area contributed by atoms with Crippen molar-refractivity contribution < 1.29 is 18.0 Å². The second kappa shape index (κ2) is 9.89. The fraction of sp³-hybridized carbons (Fsp3) is 0.391. The highest BCUT2D eigenvalue weighted by Crippen LogP contribution is 2.26. The van der Waals surface area contributed by atoms with Gasteiger partial charge in [0.1, 0.15) is 0 Å². The van der Waals surface area contributed by atoms with Gasteiger partial charge in [0.2, 0.25) is 11.8 Å². The predicted octanol–water partition coefficient (Wildman–Crippen LogP) is 3.60. The van der Waals surface area contributed by atoms with E-state index in [0.29, 0.717) is 5.69 Å². The third-order valence-electron chi connectivity index (χ3n) is 5.39. The van der Waals surface area contributed by atoms with Crippen LogP contribution in [0.4, 0.5) is 5.69 Å². The average molecular weight is 429 g/mol. The zero-order valence-corrected chi connectivity index (χ0v) is 18.0. The summed E-state index contributed by atoms with van der Waals surface area (Å²) in [6.07, 6.45) is 3.97. The summed E-state index contributed by atoms with van der Waals surface area (Å²) in [6.45, 7) is 2.16. The Labute approximate surface area is 178 Å². The van der Waals surface area contributed by atoms with Gasteiger partial charge < -0.3 is 10.6 Å². The third-order valence-corrected chi connectivity index (χ3v) is 7.12. The molecule has 2 aromatic rings. The van der Waals surface area contributed by atoms with Crippen LogP contribution in [0.25, 0.3) is 0 Å². The number of carbonyl (C=O) groups is 2. The average Bonchev–Trinajstić information content (AvgIpc) is 3.26. The first-order valence-corrected chi connectivity index (χ1v) is 11.9. The quantitative estimate of drug-likeness (QED) is 0.672. The van der Waals surface area contributed by atoms with Gasteiger partial charge in [-0.05, 0) is 49.6 Å². The molecule has 2 N–H and O–H groups in total. The van der Waals surface area contributed by atoms with Crippen molar-refractivity contribution in [3.63, 3.8) is 0 Å². The monoisotopic (exact) mass is 428 g/mol. The summed E-state index contributed by atoms with van der Waals surface area (Å²) in [5.74, 6) is -0.427. The lowest BCUT2D eigenvalue weighted by molar-refractivity contribution is -0.121. The number of carbonyl (C=O) groups excluding carboxylic acids is 2. The van der Waals surface area contributed by atoms with Gasteiger partial charge in [-0.15, -0.1) is 0 Å². The molecule has 0 unspecified atom stereocenters. The minimum absolute atomic E-state index is 0.0509. The highest BCUT2D eigenvalue weighted by Gasteiger charge is 2.22. The first kappa shape index (κ1) is 22.0. The molecule has 2 aromatic carbocycles. The van der Waals surface area contributed by atoms with E-state index in [1.807, 2.05) is 31.2 Å². The van der Waals surface area contributed by atoms with Crippen molar-refractivity contribution in [2.24, 2.45) is 5.92 Å². The number of hydrogen-bond acceptors (Lipinski definition) is 4. The van der Waals surface area contributed by atoms with Crippen molar-refractivity contribution >= 4 is 27.3 Å². The van der Waals surface area contributed by atoms with Crippen LogP contribution in [0.3, 0.4) is 0 Å². The summed E-state index contributed by atoms with van der Waals surface area (Å²) < 4.78 is 24.7. The van der Waals surface area contributed by atoms with Crippen LogP contribution >= 0.6 is 0 Å². The molecule has 0 bridgehead atoms. The molecule has 0 radical (unpaired) electrons. The van der Waals surface area contributed by atoms with Crippen LogP contribution in [0.1, 0.15) is 43.2 Å². The normalized spacial score (nSPS) is 14.4. The maximum atomic E-state index is 12.4. The Kier molecular flexibility index (Phi) is 7.26. The van der Waals surface area contributed by atoms with E-state index >= 15 is 0 Å². The van der Waals surface area contributed by atoms with Gasteiger partial charge >= 0.3 is 0 Å². The number of sulfone groups is 1. The second-order valence-corrected chi connectivity index (χ2v) is 9.94. The maximum absolute atomic E-state index is 12.4. The standard InChI is InChI=1S/C23H28N2O4S/c1-17-9-11-21(12-10-17)30(28,29)14-13-22(26)24-16-18-5-4-8-20(15-18)25-23(27)19-6-2-3-7-19/h4-5,8-12,15,19H,2-3,6-7,13-14,16H2,1H3,(H,24,26)(H,25,27). The molecule has 0 heterocycles. The Morgan fingerprint density at radius 3 is 2.43 bits per heavy atom.